The molecule has 0 unspecified atom stereocenters. The SMILES string of the molecule is O=C(O)CCCc1ccc(N(CCCl)CCCl)cc1.[O-][n+]1ncnc2cc3c(cc21)CCC3. The first-order valence-corrected chi connectivity index (χ1v) is 12.1. The first kappa shape index (κ1) is 25.0. The number of fused-ring (bicyclic) bond motifs is 2. The lowest BCUT2D eigenvalue weighted by atomic mass is 10.1. The van der Waals surface area contributed by atoms with Gasteiger partial charge in [0.1, 0.15) is 5.52 Å². The molecule has 1 aliphatic carbocycles. The number of nitrogens with zero attached hydrogens (tertiary/aromatic N) is 4. The molecule has 0 amide bonds. The maximum absolute atomic E-state index is 11.3. The maximum Gasteiger partial charge on any atom is 0.303 e. The molecule has 9 heteroatoms. The minimum Gasteiger partial charge on any atom is -0.594 e. The van der Waals surface area contributed by atoms with Gasteiger partial charge in [-0.3, -0.25) is 4.79 Å². The van der Waals surface area contributed by atoms with Crippen molar-refractivity contribution in [1.82, 2.24) is 10.1 Å². The second-order valence-electron chi connectivity index (χ2n) is 7.87. The molecular formula is C24H28Cl2N4O3. The highest BCUT2D eigenvalue weighted by Crippen LogP contribution is 2.24. The van der Waals surface area contributed by atoms with Crippen LogP contribution < -0.4 is 9.75 Å². The number of hydrogen-bond donors (Lipinski definition) is 1. The fourth-order valence-electron chi connectivity index (χ4n) is 3.94. The molecule has 1 aromatic heterocycles. The molecule has 0 saturated heterocycles. The number of benzene rings is 2. The Morgan fingerprint density at radius 3 is 2.39 bits per heavy atom. The summed E-state index contributed by atoms with van der Waals surface area (Å²) in [6, 6.07) is 12.1. The number of rotatable bonds is 9. The van der Waals surface area contributed by atoms with Crippen LogP contribution in [-0.2, 0) is 24.1 Å². The van der Waals surface area contributed by atoms with E-state index < -0.39 is 5.97 Å². The van der Waals surface area contributed by atoms with Crippen molar-refractivity contribution >= 4 is 45.9 Å². The quantitative estimate of drug-likeness (QED) is 0.275. The van der Waals surface area contributed by atoms with Crippen molar-refractivity contribution in [3.05, 3.63) is 64.6 Å². The van der Waals surface area contributed by atoms with Crippen LogP contribution in [0.4, 0.5) is 5.69 Å². The molecule has 0 fully saturated rings. The zero-order valence-corrected chi connectivity index (χ0v) is 19.9. The minimum absolute atomic E-state index is 0.215. The molecule has 1 heterocycles. The van der Waals surface area contributed by atoms with E-state index in [1.165, 1.54) is 23.9 Å². The van der Waals surface area contributed by atoms with Crippen molar-refractivity contribution in [2.24, 2.45) is 0 Å². The molecule has 3 aromatic rings. The van der Waals surface area contributed by atoms with Gasteiger partial charge in [-0.25, -0.2) is 4.98 Å². The summed E-state index contributed by atoms with van der Waals surface area (Å²) in [5.74, 6) is 0.390. The number of aryl methyl sites for hydroxylation is 3. The van der Waals surface area contributed by atoms with Gasteiger partial charge in [-0.05, 0) is 71.8 Å². The molecule has 176 valence electrons. The summed E-state index contributed by atoms with van der Waals surface area (Å²) in [4.78, 5) is 17.3. The Hall–Kier alpha value is -2.64. The zero-order valence-electron chi connectivity index (χ0n) is 18.4. The highest BCUT2D eigenvalue weighted by atomic mass is 35.5. The van der Waals surface area contributed by atoms with E-state index >= 15 is 0 Å². The van der Waals surface area contributed by atoms with E-state index in [4.69, 9.17) is 28.3 Å². The lowest BCUT2D eigenvalue weighted by molar-refractivity contribution is -0.643. The van der Waals surface area contributed by atoms with Gasteiger partial charge in [0.2, 0.25) is 0 Å². The summed E-state index contributed by atoms with van der Waals surface area (Å²) in [6.07, 6.45) is 6.33. The van der Waals surface area contributed by atoms with E-state index in [1.54, 1.807) is 0 Å². The molecule has 0 spiro atoms. The van der Waals surface area contributed by atoms with Crippen molar-refractivity contribution in [1.29, 1.82) is 0 Å². The van der Waals surface area contributed by atoms with E-state index in [0.29, 0.717) is 28.5 Å². The minimum atomic E-state index is -0.743. The van der Waals surface area contributed by atoms with Gasteiger partial charge in [0.05, 0.1) is 0 Å². The highest BCUT2D eigenvalue weighted by molar-refractivity contribution is 6.18. The van der Waals surface area contributed by atoms with E-state index in [2.05, 4.69) is 15.0 Å². The molecular weight excluding hydrogens is 463 g/mol. The number of carboxylic acids is 1. The number of anilines is 1. The van der Waals surface area contributed by atoms with Gasteiger partial charge in [0, 0.05) is 48.1 Å². The Kier molecular flexibility index (Phi) is 9.51. The number of halogens is 2. The van der Waals surface area contributed by atoms with Crippen LogP contribution in [0.2, 0.25) is 0 Å². The second kappa shape index (κ2) is 12.6. The summed E-state index contributed by atoms with van der Waals surface area (Å²) >= 11 is 11.5. The molecule has 0 bridgehead atoms. The molecule has 4 rings (SSSR count). The normalized spacial score (nSPS) is 12.2. The second-order valence-corrected chi connectivity index (χ2v) is 8.63. The van der Waals surface area contributed by atoms with Crippen LogP contribution >= 0.6 is 23.2 Å². The van der Waals surface area contributed by atoms with Crippen LogP contribution in [-0.4, -0.2) is 46.0 Å². The lowest BCUT2D eigenvalue weighted by Gasteiger charge is -2.23. The molecule has 1 aliphatic rings. The summed E-state index contributed by atoms with van der Waals surface area (Å²) in [7, 11) is 0. The highest BCUT2D eigenvalue weighted by Gasteiger charge is 2.16. The maximum atomic E-state index is 11.3. The van der Waals surface area contributed by atoms with Gasteiger partial charge in [-0.1, -0.05) is 12.1 Å². The molecule has 0 radical (unpaired) electrons. The van der Waals surface area contributed by atoms with Gasteiger partial charge >= 0.3 is 5.97 Å². The summed E-state index contributed by atoms with van der Waals surface area (Å²) < 4.78 is 0. The Morgan fingerprint density at radius 1 is 1.09 bits per heavy atom. The largest absolute Gasteiger partial charge is 0.594 e. The van der Waals surface area contributed by atoms with Crippen LogP contribution in [0.1, 0.15) is 36.0 Å². The Labute approximate surface area is 203 Å². The third-order valence-corrected chi connectivity index (χ3v) is 5.95. The van der Waals surface area contributed by atoms with E-state index in [-0.39, 0.29) is 6.42 Å². The van der Waals surface area contributed by atoms with Crippen LogP contribution in [0.3, 0.4) is 0 Å². The predicted octanol–water partition coefficient (Wildman–Crippen LogP) is 4.13. The number of aromatic nitrogens is 3. The first-order valence-electron chi connectivity index (χ1n) is 11.1. The molecule has 7 nitrogen and oxygen atoms in total. The third-order valence-electron chi connectivity index (χ3n) is 5.61. The van der Waals surface area contributed by atoms with Gasteiger partial charge in [0.25, 0.3) is 5.52 Å². The fraction of sp³-hybridized carbons (Fsp3) is 0.417. The van der Waals surface area contributed by atoms with Crippen molar-refractivity contribution in [2.75, 3.05) is 29.7 Å². The monoisotopic (exact) mass is 490 g/mol. The van der Waals surface area contributed by atoms with E-state index in [9.17, 15) is 10.0 Å². The Bertz CT molecular complexity index is 1060. The van der Waals surface area contributed by atoms with Crippen molar-refractivity contribution in [3.8, 4) is 0 Å². The predicted molar refractivity (Wildman–Crippen MR) is 131 cm³/mol. The summed E-state index contributed by atoms with van der Waals surface area (Å²) in [6.45, 7) is 1.54. The first-order chi connectivity index (χ1) is 16.0. The number of alkyl halides is 2. The molecule has 0 atom stereocenters. The third kappa shape index (κ3) is 7.17. The smallest absolute Gasteiger partial charge is 0.303 e. The zero-order chi connectivity index (χ0) is 23.6. The van der Waals surface area contributed by atoms with Gasteiger partial charge in [0.15, 0.2) is 6.33 Å². The molecule has 0 saturated carbocycles. The summed E-state index contributed by atoms with van der Waals surface area (Å²) in [5, 5.41) is 23.5. The van der Waals surface area contributed by atoms with Crippen LogP contribution in [0.25, 0.3) is 11.0 Å². The summed E-state index contributed by atoms with van der Waals surface area (Å²) in [5.41, 5.74) is 6.18. The molecule has 33 heavy (non-hydrogen) atoms. The number of carboxylic acid groups (broad SMARTS) is 1. The van der Waals surface area contributed by atoms with Crippen molar-refractivity contribution in [3.63, 3.8) is 0 Å². The van der Waals surface area contributed by atoms with Gasteiger partial charge in [-0.2, -0.15) is 0 Å². The average molecular weight is 491 g/mol. The molecule has 0 aliphatic heterocycles. The van der Waals surface area contributed by atoms with Crippen LogP contribution in [0.5, 0.6) is 0 Å². The number of carbonyl (C=O) groups is 1. The topological polar surface area (TPSA) is 93.3 Å². The van der Waals surface area contributed by atoms with E-state index in [1.807, 2.05) is 36.4 Å². The fourth-order valence-corrected chi connectivity index (χ4v) is 4.35. The van der Waals surface area contributed by atoms with Crippen molar-refractivity contribution in [2.45, 2.75) is 38.5 Å². The number of hydrogen-bond acceptors (Lipinski definition) is 5. The van der Waals surface area contributed by atoms with Crippen LogP contribution in [0, 0.1) is 5.21 Å². The van der Waals surface area contributed by atoms with Crippen molar-refractivity contribution < 1.29 is 14.7 Å². The molecule has 2 aromatic carbocycles. The van der Waals surface area contributed by atoms with Crippen LogP contribution in [0.15, 0.2) is 42.7 Å². The molecule has 1 N–H and O–H groups in total. The average Bonchev–Trinajstić information content (AvgIpc) is 3.26. The van der Waals surface area contributed by atoms with E-state index in [0.717, 1.165) is 49.1 Å². The van der Waals surface area contributed by atoms with Gasteiger partial charge < -0.3 is 15.2 Å². The number of aliphatic carboxylic acids is 1. The Morgan fingerprint density at radius 2 is 1.76 bits per heavy atom. The Balaban J connectivity index is 0.000000192. The standard InChI is InChI=1S/C14H19Cl2NO2.C10H9N3O/c15-8-10-17(11-9-16)13-6-4-12(5-7-13)2-1-3-14(18)19;14-13-10-5-8-3-1-2-7(8)4-9(10)11-6-12-13/h4-7H,1-3,8-11H2,(H,18,19);4-6H,1-3H2. The lowest BCUT2D eigenvalue weighted by Crippen LogP contribution is -2.31. The van der Waals surface area contributed by atoms with Gasteiger partial charge in [-0.15, -0.1) is 23.2 Å².